The third-order valence-electron chi connectivity index (χ3n) is 1.96. The molecule has 4 heteroatoms. The number of phenolic OH excluding ortho intramolecular Hbond substituents is 1. The Balaban J connectivity index is 2.07. The SMILES string of the molecule is Oc1cc(OC2CNC2)ccc1F. The van der Waals surface area contributed by atoms with Gasteiger partial charge in [0.05, 0.1) is 0 Å². The monoisotopic (exact) mass is 183 g/mol. The van der Waals surface area contributed by atoms with Gasteiger partial charge in [-0.1, -0.05) is 0 Å². The van der Waals surface area contributed by atoms with Crippen LogP contribution in [-0.4, -0.2) is 24.3 Å². The molecule has 13 heavy (non-hydrogen) atoms. The van der Waals surface area contributed by atoms with Gasteiger partial charge >= 0.3 is 0 Å². The van der Waals surface area contributed by atoms with E-state index in [1.54, 1.807) is 0 Å². The highest BCUT2D eigenvalue weighted by Crippen LogP contribution is 2.23. The molecular formula is C9H10FNO2. The predicted octanol–water partition coefficient (Wildman–Crippen LogP) is 0.882. The van der Waals surface area contributed by atoms with E-state index >= 15 is 0 Å². The van der Waals surface area contributed by atoms with Crippen molar-refractivity contribution < 1.29 is 14.2 Å². The van der Waals surface area contributed by atoms with Crippen LogP contribution < -0.4 is 10.1 Å². The van der Waals surface area contributed by atoms with Gasteiger partial charge in [0.15, 0.2) is 11.6 Å². The number of ether oxygens (including phenoxy) is 1. The zero-order valence-electron chi connectivity index (χ0n) is 6.96. The quantitative estimate of drug-likeness (QED) is 0.715. The Morgan fingerprint density at radius 2 is 2.23 bits per heavy atom. The second-order valence-electron chi connectivity index (χ2n) is 3.01. The van der Waals surface area contributed by atoms with Crippen LogP contribution in [0.2, 0.25) is 0 Å². The van der Waals surface area contributed by atoms with Gasteiger partial charge in [-0.25, -0.2) is 4.39 Å². The van der Waals surface area contributed by atoms with E-state index < -0.39 is 5.82 Å². The van der Waals surface area contributed by atoms with Crippen molar-refractivity contribution in [1.29, 1.82) is 0 Å². The van der Waals surface area contributed by atoms with Crippen LogP contribution in [0.5, 0.6) is 11.5 Å². The standard InChI is InChI=1S/C9H10FNO2/c10-8-2-1-6(3-9(8)12)13-7-4-11-5-7/h1-3,7,11-12H,4-5H2. The Hall–Kier alpha value is -1.29. The molecule has 1 aromatic carbocycles. The van der Waals surface area contributed by atoms with Crippen LogP contribution in [0.15, 0.2) is 18.2 Å². The average molecular weight is 183 g/mol. The summed E-state index contributed by atoms with van der Waals surface area (Å²) in [6, 6.07) is 3.98. The van der Waals surface area contributed by atoms with Gasteiger partial charge in [-0.2, -0.15) is 0 Å². The molecule has 0 unspecified atom stereocenters. The molecule has 0 bridgehead atoms. The van der Waals surface area contributed by atoms with Crippen LogP contribution >= 0.6 is 0 Å². The van der Waals surface area contributed by atoms with Crippen molar-refractivity contribution in [3.8, 4) is 11.5 Å². The number of aromatic hydroxyl groups is 1. The smallest absolute Gasteiger partial charge is 0.165 e. The average Bonchev–Trinajstić information content (AvgIpc) is 2.04. The van der Waals surface area contributed by atoms with Gasteiger partial charge in [0.25, 0.3) is 0 Å². The molecule has 1 saturated heterocycles. The molecule has 1 heterocycles. The van der Waals surface area contributed by atoms with Crippen molar-refractivity contribution >= 4 is 0 Å². The van der Waals surface area contributed by atoms with E-state index in [-0.39, 0.29) is 11.9 Å². The van der Waals surface area contributed by atoms with Crippen molar-refractivity contribution in [2.75, 3.05) is 13.1 Å². The zero-order chi connectivity index (χ0) is 9.26. The lowest BCUT2D eigenvalue weighted by molar-refractivity contribution is 0.141. The Bertz CT molecular complexity index is 312. The number of hydrogen-bond donors (Lipinski definition) is 2. The first-order valence-electron chi connectivity index (χ1n) is 4.11. The van der Waals surface area contributed by atoms with Gasteiger partial charge in [-0.3, -0.25) is 0 Å². The Labute approximate surface area is 75.1 Å². The molecule has 0 radical (unpaired) electrons. The molecule has 1 aliphatic rings. The second kappa shape index (κ2) is 3.22. The number of rotatable bonds is 2. The highest BCUT2D eigenvalue weighted by Gasteiger charge is 2.18. The summed E-state index contributed by atoms with van der Waals surface area (Å²) >= 11 is 0. The number of hydrogen-bond acceptors (Lipinski definition) is 3. The minimum absolute atomic E-state index is 0.143. The van der Waals surface area contributed by atoms with E-state index in [0.29, 0.717) is 5.75 Å². The highest BCUT2D eigenvalue weighted by atomic mass is 19.1. The Morgan fingerprint density at radius 3 is 2.77 bits per heavy atom. The number of halogens is 1. The second-order valence-corrected chi connectivity index (χ2v) is 3.01. The maximum atomic E-state index is 12.6. The lowest BCUT2D eigenvalue weighted by atomic mass is 10.2. The molecule has 1 fully saturated rings. The van der Waals surface area contributed by atoms with Crippen LogP contribution in [0.4, 0.5) is 4.39 Å². The zero-order valence-corrected chi connectivity index (χ0v) is 6.96. The summed E-state index contributed by atoms with van der Waals surface area (Å²) in [6.45, 7) is 1.61. The van der Waals surface area contributed by atoms with Crippen molar-refractivity contribution in [3.05, 3.63) is 24.0 Å². The van der Waals surface area contributed by atoms with E-state index in [0.717, 1.165) is 13.1 Å². The van der Waals surface area contributed by atoms with E-state index in [4.69, 9.17) is 9.84 Å². The maximum absolute atomic E-state index is 12.6. The summed E-state index contributed by atoms with van der Waals surface area (Å²) in [4.78, 5) is 0. The number of nitrogens with one attached hydrogen (secondary N) is 1. The normalized spacial score (nSPS) is 16.7. The molecule has 1 aromatic rings. The van der Waals surface area contributed by atoms with Gasteiger partial charge in [0.1, 0.15) is 11.9 Å². The summed E-state index contributed by atoms with van der Waals surface area (Å²) in [7, 11) is 0. The van der Waals surface area contributed by atoms with E-state index in [2.05, 4.69) is 5.32 Å². The molecule has 70 valence electrons. The molecule has 2 rings (SSSR count). The molecule has 2 N–H and O–H groups in total. The molecule has 0 spiro atoms. The lowest BCUT2D eigenvalue weighted by Crippen LogP contribution is -2.50. The molecule has 0 amide bonds. The molecule has 3 nitrogen and oxygen atoms in total. The fraction of sp³-hybridized carbons (Fsp3) is 0.333. The summed E-state index contributed by atoms with van der Waals surface area (Å²) in [5.41, 5.74) is 0. The molecule has 0 atom stereocenters. The molecule has 0 saturated carbocycles. The van der Waals surface area contributed by atoms with E-state index in [9.17, 15) is 4.39 Å². The third-order valence-corrected chi connectivity index (χ3v) is 1.96. The topological polar surface area (TPSA) is 41.5 Å². The van der Waals surface area contributed by atoms with Crippen molar-refractivity contribution in [2.24, 2.45) is 0 Å². The fourth-order valence-corrected chi connectivity index (χ4v) is 1.10. The van der Waals surface area contributed by atoms with Crippen LogP contribution in [0.3, 0.4) is 0 Å². The molecule has 0 aliphatic carbocycles. The van der Waals surface area contributed by atoms with Gasteiger partial charge in [-0.15, -0.1) is 0 Å². The molecule has 0 aromatic heterocycles. The minimum Gasteiger partial charge on any atom is -0.505 e. The van der Waals surface area contributed by atoms with Crippen LogP contribution in [0.1, 0.15) is 0 Å². The van der Waals surface area contributed by atoms with Crippen molar-refractivity contribution in [3.63, 3.8) is 0 Å². The highest BCUT2D eigenvalue weighted by molar-refractivity contribution is 5.33. The largest absolute Gasteiger partial charge is 0.505 e. The first kappa shape index (κ1) is 8.31. The molecule has 1 aliphatic heterocycles. The molecular weight excluding hydrogens is 173 g/mol. The van der Waals surface area contributed by atoms with Crippen molar-refractivity contribution in [2.45, 2.75) is 6.10 Å². The van der Waals surface area contributed by atoms with Gasteiger partial charge in [0.2, 0.25) is 0 Å². The van der Waals surface area contributed by atoms with Crippen LogP contribution in [-0.2, 0) is 0 Å². The summed E-state index contributed by atoms with van der Waals surface area (Å²) in [5, 5.41) is 12.1. The van der Waals surface area contributed by atoms with Gasteiger partial charge in [-0.05, 0) is 12.1 Å². The fourth-order valence-electron chi connectivity index (χ4n) is 1.10. The van der Waals surface area contributed by atoms with Gasteiger partial charge < -0.3 is 15.2 Å². The van der Waals surface area contributed by atoms with Gasteiger partial charge in [0, 0.05) is 19.2 Å². The Morgan fingerprint density at radius 1 is 1.46 bits per heavy atom. The van der Waals surface area contributed by atoms with Crippen molar-refractivity contribution in [1.82, 2.24) is 5.32 Å². The van der Waals surface area contributed by atoms with Crippen LogP contribution in [0, 0.1) is 5.82 Å². The number of phenols is 1. The minimum atomic E-state index is -0.626. The predicted molar refractivity (Wildman–Crippen MR) is 45.4 cm³/mol. The van der Waals surface area contributed by atoms with E-state index in [1.807, 2.05) is 0 Å². The first-order chi connectivity index (χ1) is 6.25. The summed E-state index contributed by atoms with van der Waals surface area (Å²) in [5.74, 6) is -0.491. The van der Waals surface area contributed by atoms with Crippen LogP contribution in [0.25, 0.3) is 0 Å². The van der Waals surface area contributed by atoms with E-state index in [1.165, 1.54) is 18.2 Å². The lowest BCUT2D eigenvalue weighted by Gasteiger charge is -2.27. The maximum Gasteiger partial charge on any atom is 0.165 e. The Kier molecular flexibility index (Phi) is 2.06. The first-order valence-corrected chi connectivity index (χ1v) is 4.11. The summed E-state index contributed by atoms with van der Waals surface area (Å²) < 4.78 is 18.0. The number of benzene rings is 1. The summed E-state index contributed by atoms with van der Waals surface area (Å²) in [6.07, 6.45) is 0.143. The third kappa shape index (κ3) is 1.72.